The van der Waals surface area contributed by atoms with Crippen LogP contribution in [0, 0.1) is 0 Å². The van der Waals surface area contributed by atoms with Crippen LogP contribution in [0.15, 0.2) is 40.9 Å². The molecule has 0 bridgehead atoms. The lowest BCUT2D eigenvalue weighted by Crippen LogP contribution is -2.41. The normalized spacial score (nSPS) is 27.4. The molecule has 0 saturated heterocycles. The highest BCUT2D eigenvalue weighted by Crippen LogP contribution is 2.38. The zero-order valence-corrected chi connectivity index (χ0v) is 10.6. The Hall–Kier alpha value is -1.65. The molecule has 1 heterocycles. The minimum Gasteiger partial charge on any atom is -0.390 e. The summed E-state index contributed by atoms with van der Waals surface area (Å²) in [4.78, 5) is 0. The fourth-order valence-corrected chi connectivity index (χ4v) is 2.65. The van der Waals surface area contributed by atoms with E-state index in [0.29, 0.717) is 24.3 Å². The van der Waals surface area contributed by atoms with Gasteiger partial charge in [-0.3, -0.25) is 0 Å². The molecule has 1 saturated carbocycles. The molecule has 4 nitrogen and oxygen atoms in total. The second kappa shape index (κ2) is 4.79. The van der Waals surface area contributed by atoms with Crippen LogP contribution >= 0.6 is 0 Å². The van der Waals surface area contributed by atoms with Gasteiger partial charge in [0, 0.05) is 11.6 Å². The Kier molecular flexibility index (Phi) is 3.12. The van der Waals surface area contributed by atoms with Gasteiger partial charge in [0.2, 0.25) is 0 Å². The fourth-order valence-electron chi connectivity index (χ4n) is 2.65. The van der Waals surface area contributed by atoms with E-state index in [2.05, 4.69) is 5.16 Å². The van der Waals surface area contributed by atoms with E-state index in [0.717, 1.165) is 18.4 Å². The fraction of sp³-hybridized carbons (Fsp3) is 0.400. The molecule has 1 fully saturated rings. The van der Waals surface area contributed by atoms with Gasteiger partial charge in [-0.15, -0.1) is 0 Å². The first-order chi connectivity index (χ1) is 9.20. The zero-order chi connectivity index (χ0) is 13.3. The molecule has 2 aromatic rings. The molecule has 4 heteroatoms. The summed E-state index contributed by atoms with van der Waals surface area (Å²) in [5.41, 5.74) is 0.325. The summed E-state index contributed by atoms with van der Waals surface area (Å²) in [6.07, 6.45) is 2.14. The SMILES string of the molecule is OC1CCCCC1(O)c1cc(-c2ccccc2)no1. The number of rotatable bonds is 2. The van der Waals surface area contributed by atoms with Gasteiger partial charge in [-0.25, -0.2) is 0 Å². The van der Waals surface area contributed by atoms with E-state index in [-0.39, 0.29) is 0 Å². The van der Waals surface area contributed by atoms with E-state index >= 15 is 0 Å². The van der Waals surface area contributed by atoms with Crippen molar-refractivity contribution >= 4 is 0 Å². The van der Waals surface area contributed by atoms with Crippen molar-refractivity contribution in [3.05, 3.63) is 42.2 Å². The minimum atomic E-state index is -1.29. The summed E-state index contributed by atoms with van der Waals surface area (Å²) in [6, 6.07) is 11.4. The van der Waals surface area contributed by atoms with Gasteiger partial charge in [-0.05, 0) is 19.3 Å². The first-order valence-corrected chi connectivity index (χ1v) is 6.63. The summed E-state index contributed by atoms with van der Waals surface area (Å²) in [5, 5.41) is 24.6. The predicted octanol–water partition coefficient (Wildman–Crippen LogP) is 2.46. The molecule has 2 atom stereocenters. The maximum atomic E-state index is 10.6. The molecular weight excluding hydrogens is 242 g/mol. The van der Waals surface area contributed by atoms with Crippen LogP contribution in [0.4, 0.5) is 0 Å². The zero-order valence-electron chi connectivity index (χ0n) is 10.6. The molecule has 19 heavy (non-hydrogen) atoms. The highest BCUT2D eigenvalue weighted by Gasteiger charge is 2.42. The van der Waals surface area contributed by atoms with Gasteiger partial charge in [0.1, 0.15) is 5.69 Å². The number of hydrogen-bond donors (Lipinski definition) is 2. The van der Waals surface area contributed by atoms with Crippen molar-refractivity contribution in [3.8, 4) is 11.3 Å². The van der Waals surface area contributed by atoms with Gasteiger partial charge >= 0.3 is 0 Å². The van der Waals surface area contributed by atoms with E-state index in [4.69, 9.17) is 4.52 Å². The number of aliphatic hydroxyl groups is 2. The molecule has 2 unspecified atom stereocenters. The van der Waals surface area contributed by atoms with Crippen molar-refractivity contribution in [2.45, 2.75) is 37.4 Å². The van der Waals surface area contributed by atoms with Gasteiger partial charge in [-0.1, -0.05) is 41.9 Å². The highest BCUT2D eigenvalue weighted by molar-refractivity contribution is 5.58. The van der Waals surface area contributed by atoms with Gasteiger partial charge < -0.3 is 14.7 Å². The standard InChI is InChI=1S/C15H17NO3/c17-13-8-4-5-9-15(13,18)14-10-12(16-19-14)11-6-2-1-3-7-11/h1-3,6-7,10,13,17-18H,4-5,8-9H2. The van der Waals surface area contributed by atoms with E-state index in [1.54, 1.807) is 6.07 Å². The van der Waals surface area contributed by atoms with Gasteiger partial charge in [0.25, 0.3) is 0 Å². The van der Waals surface area contributed by atoms with Gasteiger partial charge in [0.05, 0.1) is 6.10 Å². The third-order valence-corrected chi connectivity index (χ3v) is 3.84. The topological polar surface area (TPSA) is 66.5 Å². The van der Waals surface area contributed by atoms with E-state index in [1.165, 1.54) is 0 Å². The number of hydrogen-bond acceptors (Lipinski definition) is 4. The molecule has 1 aromatic carbocycles. The van der Waals surface area contributed by atoms with Gasteiger partial charge in [0.15, 0.2) is 11.4 Å². The van der Waals surface area contributed by atoms with Crippen LogP contribution in [0.3, 0.4) is 0 Å². The number of nitrogens with zero attached hydrogens (tertiary/aromatic N) is 1. The van der Waals surface area contributed by atoms with Gasteiger partial charge in [-0.2, -0.15) is 0 Å². The molecule has 2 N–H and O–H groups in total. The van der Waals surface area contributed by atoms with Crippen LogP contribution < -0.4 is 0 Å². The molecule has 0 amide bonds. The molecule has 1 aromatic heterocycles. The lowest BCUT2D eigenvalue weighted by molar-refractivity contribution is -0.120. The lowest BCUT2D eigenvalue weighted by Gasteiger charge is -2.34. The summed E-state index contributed by atoms with van der Waals surface area (Å²) in [6.45, 7) is 0. The van der Waals surface area contributed by atoms with Crippen LogP contribution in [-0.4, -0.2) is 21.5 Å². The number of aromatic nitrogens is 1. The molecule has 0 radical (unpaired) electrons. The van der Waals surface area contributed by atoms with Crippen LogP contribution in [0.1, 0.15) is 31.4 Å². The first kappa shape index (κ1) is 12.4. The molecule has 0 aliphatic heterocycles. The highest BCUT2D eigenvalue weighted by atomic mass is 16.5. The molecular formula is C15H17NO3. The molecule has 1 aliphatic rings. The van der Waals surface area contributed by atoms with Crippen molar-refractivity contribution in [1.82, 2.24) is 5.16 Å². The van der Waals surface area contributed by atoms with Crippen molar-refractivity contribution in [1.29, 1.82) is 0 Å². The minimum absolute atomic E-state index is 0.360. The quantitative estimate of drug-likeness (QED) is 0.869. The second-order valence-electron chi connectivity index (χ2n) is 5.13. The van der Waals surface area contributed by atoms with Crippen molar-refractivity contribution in [3.63, 3.8) is 0 Å². The van der Waals surface area contributed by atoms with E-state index < -0.39 is 11.7 Å². The number of aliphatic hydroxyl groups excluding tert-OH is 1. The van der Waals surface area contributed by atoms with Crippen LogP contribution in [0.5, 0.6) is 0 Å². The number of benzene rings is 1. The molecule has 0 spiro atoms. The Labute approximate surface area is 111 Å². The Morgan fingerprint density at radius 2 is 2.00 bits per heavy atom. The largest absolute Gasteiger partial charge is 0.390 e. The summed E-state index contributed by atoms with van der Waals surface area (Å²) >= 11 is 0. The van der Waals surface area contributed by atoms with E-state index in [1.807, 2.05) is 30.3 Å². The molecule has 3 rings (SSSR count). The average molecular weight is 259 g/mol. The van der Waals surface area contributed by atoms with Crippen LogP contribution in [0.2, 0.25) is 0 Å². The Morgan fingerprint density at radius 3 is 2.74 bits per heavy atom. The van der Waals surface area contributed by atoms with E-state index in [9.17, 15) is 10.2 Å². The second-order valence-corrected chi connectivity index (χ2v) is 5.13. The smallest absolute Gasteiger partial charge is 0.171 e. The predicted molar refractivity (Wildman–Crippen MR) is 70.3 cm³/mol. The summed E-state index contributed by atoms with van der Waals surface area (Å²) < 4.78 is 5.27. The van der Waals surface area contributed by atoms with Crippen molar-refractivity contribution in [2.24, 2.45) is 0 Å². The Bertz CT molecular complexity index is 552. The van der Waals surface area contributed by atoms with Crippen molar-refractivity contribution in [2.75, 3.05) is 0 Å². The maximum Gasteiger partial charge on any atom is 0.171 e. The third-order valence-electron chi connectivity index (χ3n) is 3.84. The van der Waals surface area contributed by atoms with Crippen molar-refractivity contribution < 1.29 is 14.7 Å². The first-order valence-electron chi connectivity index (χ1n) is 6.63. The summed E-state index contributed by atoms with van der Waals surface area (Å²) in [5.74, 6) is 0.360. The summed E-state index contributed by atoms with van der Waals surface area (Å²) in [7, 11) is 0. The Morgan fingerprint density at radius 1 is 1.21 bits per heavy atom. The average Bonchev–Trinajstić information content (AvgIpc) is 2.94. The van der Waals surface area contributed by atoms with Crippen LogP contribution in [-0.2, 0) is 5.60 Å². The Balaban J connectivity index is 1.93. The van der Waals surface area contributed by atoms with Crippen LogP contribution in [0.25, 0.3) is 11.3 Å². The monoisotopic (exact) mass is 259 g/mol. The maximum absolute atomic E-state index is 10.6. The lowest BCUT2D eigenvalue weighted by atomic mass is 9.80. The molecule has 100 valence electrons. The third kappa shape index (κ3) is 2.17. The molecule has 1 aliphatic carbocycles.